The Morgan fingerprint density at radius 2 is 2.00 bits per heavy atom. The molecular weight excluding hydrogens is 258 g/mol. The third-order valence-corrected chi connectivity index (χ3v) is 3.20. The zero-order valence-corrected chi connectivity index (χ0v) is 13.3. The zero-order chi connectivity index (χ0) is 15.0. The first-order valence-corrected chi connectivity index (χ1v) is 7.47. The fourth-order valence-electron chi connectivity index (χ4n) is 2.32. The SMILES string of the molecule is COCCCOCCN1CCC[C@H]1C(=O)OC(C)(C)C. The summed E-state index contributed by atoms with van der Waals surface area (Å²) >= 11 is 0. The van der Waals surface area contributed by atoms with Gasteiger partial charge in [0.1, 0.15) is 11.6 Å². The fraction of sp³-hybridized carbons (Fsp3) is 0.933. The molecule has 0 aromatic carbocycles. The van der Waals surface area contributed by atoms with Crippen molar-refractivity contribution in [2.45, 2.75) is 51.7 Å². The van der Waals surface area contributed by atoms with Crippen molar-refractivity contribution in [3.05, 3.63) is 0 Å². The van der Waals surface area contributed by atoms with Crippen LogP contribution in [-0.2, 0) is 19.0 Å². The van der Waals surface area contributed by atoms with Crippen LogP contribution in [-0.4, -0.2) is 62.5 Å². The van der Waals surface area contributed by atoms with Crippen molar-refractivity contribution in [3.8, 4) is 0 Å². The van der Waals surface area contributed by atoms with Crippen LogP contribution in [0, 0.1) is 0 Å². The summed E-state index contributed by atoms with van der Waals surface area (Å²) in [5.74, 6) is -0.102. The number of esters is 1. The van der Waals surface area contributed by atoms with Crippen molar-refractivity contribution in [1.29, 1.82) is 0 Å². The normalized spacial score (nSPS) is 20.3. The topological polar surface area (TPSA) is 48.0 Å². The highest BCUT2D eigenvalue weighted by Crippen LogP contribution is 2.20. The molecule has 1 aliphatic heterocycles. The van der Waals surface area contributed by atoms with Crippen molar-refractivity contribution in [2.24, 2.45) is 0 Å². The lowest BCUT2D eigenvalue weighted by molar-refractivity contribution is -0.160. The molecule has 1 atom stereocenters. The van der Waals surface area contributed by atoms with Gasteiger partial charge in [-0.2, -0.15) is 0 Å². The summed E-state index contributed by atoms with van der Waals surface area (Å²) in [6, 6.07) is -0.100. The molecule has 0 spiro atoms. The lowest BCUT2D eigenvalue weighted by Gasteiger charge is -2.27. The van der Waals surface area contributed by atoms with Crippen molar-refractivity contribution >= 4 is 5.97 Å². The first-order valence-electron chi connectivity index (χ1n) is 7.47. The van der Waals surface area contributed by atoms with E-state index in [-0.39, 0.29) is 12.0 Å². The number of ether oxygens (including phenoxy) is 3. The summed E-state index contributed by atoms with van der Waals surface area (Å²) in [4.78, 5) is 14.3. The first-order chi connectivity index (χ1) is 9.44. The number of nitrogens with zero attached hydrogens (tertiary/aromatic N) is 1. The fourth-order valence-corrected chi connectivity index (χ4v) is 2.32. The molecule has 0 saturated carbocycles. The third-order valence-electron chi connectivity index (χ3n) is 3.20. The molecule has 20 heavy (non-hydrogen) atoms. The maximum Gasteiger partial charge on any atom is 0.323 e. The van der Waals surface area contributed by atoms with E-state index in [2.05, 4.69) is 4.90 Å². The minimum absolute atomic E-state index is 0.100. The molecule has 1 rings (SSSR count). The quantitative estimate of drug-likeness (QED) is 0.503. The molecule has 1 fully saturated rings. The van der Waals surface area contributed by atoms with Gasteiger partial charge in [-0.25, -0.2) is 0 Å². The Bertz CT molecular complexity index is 288. The van der Waals surface area contributed by atoms with E-state index in [1.807, 2.05) is 20.8 Å². The maximum atomic E-state index is 12.1. The molecule has 1 heterocycles. The van der Waals surface area contributed by atoms with Gasteiger partial charge in [-0.05, 0) is 46.6 Å². The van der Waals surface area contributed by atoms with Gasteiger partial charge in [-0.15, -0.1) is 0 Å². The van der Waals surface area contributed by atoms with Crippen LogP contribution in [0.15, 0.2) is 0 Å². The molecule has 5 heteroatoms. The number of rotatable bonds is 8. The second kappa shape index (κ2) is 8.60. The van der Waals surface area contributed by atoms with Crippen molar-refractivity contribution in [1.82, 2.24) is 4.90 Å². The average molecular weight is 287 g/mol. The molecule has 5 nitrogen and oxygen atoms in total. The highest BCUT2D eigenvalue weighted by molar-refractivity contribution is 5.76. The number of carbonyl (C=O) groups excluding carboxylic acids is 1. The number of likely N-dealkylation sites (tertiary alicyclic amines) is 1. The third kappa shape index (κ3) is 6.68. The minimum atomic E-state index is -0.415. The van der Waals surface area contributed by atoms with E-state index in [4.69, 9.17) is 14.2 Å². The maximum absolute atomic E-state index is 12.1. The van der Waals surface area contributed by atoms with E-state index in [1.165, 1.54) is 0 Å². The molecule has 1 saturated heterocycles. The molecule has 0 bridgehead atoms. The van der Waals surface area contributed by atoms with Crippen molar-refractivity contribution in [3.63, 3.8) is 0 Å². The Kier molecular flexibility index (Phi) is 7.48. The van der Waals surface area contributed by atoms with E-state index in [9.17, 15) is 4.79 Å². The van der Waals surface area contributed by atoms with E-state index in [0.29, 0.717) is 13.2 Å². The first kappa shape index (κ1) is 17.4. The molecular formula is C15H29NO4. The predicted molar refractivity (Wildman–Crippen MR) is 77.8 cm³/mol. The van der Waals surface area contributed by atoms with Gasteiger partial charge in [-0.3, -0.25) is 9.69 Å². The van der Waals surface area contributed by atoms with Crippen molar-refractivity contribution in [2.75, 3.05) is 40.0 Å². The van der Waals surface area contributed by atoms with Gasteiger partial charge in [0.15, 0.2) is 0 Å². The molecule has 0 aromatic heterocycles. The van der Waals surface area contributed by atoms with Gasteiger partial charge in [-0.1, -0.05) is 0 Å². The van der Waals surface area contributed by atoms with Crippen LogP contribution in [0.5, 0.6) is 0 Å². The Hall–Kier alpha value is -0.650. The zero-order valence-electron chi connectivity index (χ0n) is 13.3. The Balaban J connectivity index is 2.25. The van der Waals surface area contributed by atoms with Crippen LogP contribution >= 0.6 is 0 Å². The summed E-state index contributed by atoms with van der Waals surface area (Å²) in [6.45, 7) is 9.55. The summed E-state index contributed by atoms with van der Waals surface area (Å²) in [5, 5.41) is 0. The van der Waals surface area contributed by atoms with Crippen LogP contribution < -0.4 is 0 Å². The highest BCUT2D eigenvalue weighted by atomic mass is 16.6. The molecule has 0 unspecified atom stereocenters. The molecule has 0 radical (unpaired) electrons. The van der Waals surface area contributed by atoms with Gasteiger partial charge in [0.2, 0.25) is 0 Å². The summed E-state index contributed by atoms with van der Waals surface area (Å²) < 4.78 is 16.0. The smallest absolute Gasteiger partial charge is 0.323 e. The van der Waals surface area contributed by atoms with Crippen LogP contribution in [0.1, 0.15) is 40.0 Å². The second-order valence-electron chi connectivity index (χ2n) is 6.19. The van der Waals surface area contributed by atoms with Crippen LogP contribution in [0.4, 0.5) is 0 Å². The van der Waals surface area contributed by atoms with E-state index in [1.54, 1.807) is 7.11 Å². The van der Waals surface area contributed by atoms with E-state index >= 15 is 0 Å². The average Bonchev–Trinajstić information content (AvgIpc) is 2.80. The Morgan fingerprint density at radius 1 is 1.25 bits per heavy atom. The summed E-state index contributed by atoms with van der Waals surface area (Å²) in [7, 11) is 1.69. The number of methoxy groups -OCH3 is 1. The number of carbonyl (C=O) groups is 1. The molecule has 0 aliphatic carbocycles. The lowest BCUT2D eigenvalue weighted by atomic mass is 10.1. The van der Waals surface area contributed by atoms with E-state index in [0.717, 1.165) is 39.0 Å². The monoisotopic (exact) mass is 287 g/mol. The molecule has 0 N–H and O–H groups in total. The van der Waals surface area contributed by atoms with E-state index < -0.39 is 5.60 Å². The Morgan fingerprint density at radius 3 is 2.65 bits per heavy atom. The number of hydrogen-bond acceptors (Lipinski definition) is 5. The van der Waals surface area contributed by atoms with Crippen LogP contribution in [0.2, 0.25) is 0 Å². The number of hydrogen-bond donors (Lipinski definition) is 0. The van der Waals surface area contributed by atoms with Gasteiger partial charge >= 0.3 is 5.97 Å². The highest BCUT2D eigenvalue weighted by Gasteiger charge is 2.33. The van der Waals surface area contributed by atoms with Gasteiger partial charge in [0.25, 0.3) is 0 Å². The van der Waals surface area contributed by atoms with Crippen LogP contribution in [0.25, 0.3) is 0 Å². The van der Waals surface area contributed by atoms with Gasteiger partial charge in [0, 0.05) is 26.9 Å². The predicted octanol–water partition coefficient (Wildman–Crippen LogP) is 1.85. The Labute approximate surface area is 122 Å². The summed E-state index contributed by atoms with van der Waals surface area (Å²) in [5.41, 5.74) is -0.415. The second-order valence-corrected chi connectivity index (χ2v) is 6.19. The summed E-state index contributed by atoms with van der Waals surface area (Å²) in [6.07, 6.45) is 2.85. The van der Waals surface area contributed by atoms with Crippen LogP contribution in [0.3, 0.4) is 0 Å². The van der Waals surface area contributed by atoms with Gasteiger partial charge < -0.3 is 14.2 Å². The van der Waals surface area contributed by atoms with Gasteiger partial charge in [0.05, 0.1) is 6.61 Å². The molecule has 0 aromatic rings. The molecule has 0 amide bonds. The van der Waals surface area contributed by atoms with Crippen molar-refractivity contribution < 1.29 is 19.0 Å². The molecule has 1 aliphatic rings. The standard InChI is InChI=1S/C15H29NO4/c1-15(2,3)20-14(17)13-7-5-8-16(13)9-12-19-11-6-10-18-4/h13H,5-12H2,1-4H3/t13-/m0/s1. The minimum Gasteiger partial charge on any atom is -0.459 e. The lowest BCUT2D eigenvalue weighted by Crippen LogP contribution is -2.41. The largest absolute Gasteiger partial charge is 0.459 e. The molecule has 118 valence electrons.